The van der Waals surface area contributed by atoms with Gasteiger partial charge in [0.25, 0.3) is 10.0 Å². The number of hydrogen-bond donors (Lipinski definition) is 2. The quantitative estimate of drug-likeness (QED) is 0.911. The standard InChI is InChI=1S/C11H9Cl2N3O2S/c12-7-1-2-8(13)11(5-7)19(17,18)16-10-3-4-15-6-9(10)14/h1-6H,14H2,(H,15,16). The van der Waals surface area contributed by atoms with Crippen LogP contribution in [0.4, 0.5) is 11.4 Å². The summed E-state index contributed by atoms with van der Waals surface area (Å²) in [5, 5.41) is 0.344. The highest BCUT2D eigenvalue weighted by molar-refractivity contribution is 7.92. The molecule has 0 saturated heterocycles. The average molecular weight is 318 g/mol. The Balaban J connectivity index is 2.44. The number of aromatic nitrogens is 1. The maximum absolute atomic E-state index is 12.2. The molecule has 5 nitrogen and oxygen atoms in total. The fourth-order valence-electron chi connectivity index (χ4n) is 1.38. The van der Waals surface area contributed by atoms with E-state index in [1.54, 1.807) is 0 Å². The van der Waals surface area contributed by atoms with Gasteiger partial charge < -0.3 is 5.73 Å². The lowest BCUT2D eigenvalue weighted by molar-refractivity contribution is 0.601. The number of hydrogen-bond acceptors (Lipinski definition) is 4. The van der Waals surface area contributed by atoms with E-state index in [4.69, 9.17) is 28.9 Å². The van der Waals surface area contributed by atoms with E-state index in [9.17, 15) is 8.42 Å². The molecule has 1 aromatic heterocycles. The van der Waals surface area contributed by atoms with Gasteiger partial charge in [-0.05, 0) is 24.3 Å². The molecule has 3 N–H and O–H groups in total. The summed E-state index contributed by atoms with van der Waals surface area (Å²) in [6, 6.07) is 5.63. The number of rotatable bonds is 3. The van der Waals surface area contributed by atoms with Gasteiger partial charge in [-0.3, -0.25) is 9.71 Å². The number of pyridine rings is 1. The van der Waals surface area contributed by atoms with Crippen LogP contribution in [0.3, 0.4) is 0 Å². The second-order valence-corrected chi connectivity index (χ2v) is 6.14. The predicted molar refractivity (Wildman–Crippen MR) is 75.9 cm³/mol. The van der Waals surface area contributed by atoms with Crippen LogP contribution in [0.15, 0.2) is 41.6 Å². The maximum atomic E-state index is 12.2. The molecule has 0 fully saturated rings. The molecule has 0 aliphatic carbocycles. The molecule has 2 aromatic rings. The highest BCUT2D eigenvalue weighted by Crippen LogP contribution is 2.28. The Morgan fingerprint density at radius 1 is 1.21 bits per heavy atom. The lowest BCUT2D eigenvalue weighted by Gasteiger charge is -2.11. The van der Waals surface area contributed by atoms with Crippen molar-refractivity contribution in [2.24, 2.45) is 0 Å². The molecule has 0 atom stereocenters. The van der Waals surface area contributed by atoms with Crippen LogP contribution in [0.1, 0.15) is 0 Å². The van der Waals surface area contributed by atoms with Crippen molar-refractivity contribution in [1.82, 2.24) is 4.98 Å². The number of nitrogens with two attached hydrogens (primary N) is 1. The van der Waals surface area contributed by atoms with Gasteiger partial charge in [0.1, 0.15) is 4.90 Å². The molecule has 2 rings (SSSR count). The van der Waals surface area contributed by atoms with Crippen molar-refractivity contribution in [3.05, 3.63) is 46.7 Å². The van der Waals surface area contributed by atoms with E-state index in [0.29, 0.717) is 0 Å². The first-order chi connectivity index (χ1) is 8.90. The Kier molecular flexibility index (Phi) is 3.84. The normalized spacial score (nSPS) is 11.3. The highest BCUT2D eigenvalue weighted by atomic mass is 35.5. The average Bonchev–Trinajstić information content (AvgIpc) is 2.35. The molecule has 100 valence electrons. The molecule has 0 saturated carbocycles. The molecule has 1 heterocycles. The van der Waals surface area contributed by atoms with Gasteiger partial charge in [-0.1, -0.05) is 23.2 Å². The van der Waals surface area contributed by atoms with Crippen LogP contribution in [0.5, 0.6) is 0 Å². The summed E-state index contributed by atoms with van der Waals surface area (Å²) < 4.78 is 26.7. The molecule has 0 aliphatic rings. The van der Waals surface area contributed by atoms with Gasteiger partial charge >= 0.3 is 0 Å². The molecule has 0 bridgehead atoms. The third-order valence-electron chi connectivity index (χ3n) is 2.28. The Morgan fingerprint density at radius 2 is 1.95 bits per heavy atom. The smallest absolute Gasteiger partial charge is 0.263 e. The lowest BCUT2D eigenvalue weighted by Crippen LogP contribution is -2.14. The summed E-state index contributed by atoms with van der Waals surface area (Å²) in [5.41, 5.74) is 6.07. The summed E-state index contributed by atoms with van der Waals surface area (Å²) >= 11 is 11.6. The first-order valence-corrected chi connectivity index (χ1v) is 7.31. The van der Waals surface area contributed by atoms with Crippen LogP contribution in [-0.2, 0) is 10.0 Å². The van der Waals surface area contributed by atoms with Crippen LogP contribution in [-0.4, -0.2) is 13.4 Å². The first-order valence-electron chi connectivity index (χ1n) is 5.07. The molecule has 19 heavy (non-hydrogen) atoms. The fourth-order valence-corrected chi connectivity index (χ4v) is 3.23. The van der Waals surface area contributed by atoms with E-state index in [0.717, 1.165) is 0 Å². The third kappa shape index (κ3) is 3.09. The maximum Gasteiger partial charge on any atom is 0.263 e. The monoisotopic (exact) mass is 317 g/mol. The van der Waals surface area contributed by atoms with Gasteiger partial charge in [0.15, 0.2) is 0 Å². The molecule has 1 aromatic carbocycles. The second kappa shape index (κ2) is 5.24. The number of sulfonamides is 1. The van der Waals surface area contributed by atoms with E-state index in [-0.39, 0.29) is 26.3 Å². The molecule has 0 unspecified atom stereocenters. The van der Waals surface area contributed by atoms with Crippen LogP contribution in [0.25, 0.3) is 0 Å². The van der Waals surface area contributed by atoms with Crippen molar-refractivity contribution < 1.29 is 8.42 Å². The highest BCUT2D eigenvalue weighted by Gasteiger charge is 2.19. The summed E-state index contributed by atoms with van der Waals surface area (Å²) in [6.45, 7) is 0. The van der Waals surface area contributed by atoms with Crippen molar-refractivity contribution in [1.29, 1.82) is 0 Å². The molecule has 8 heteroatoms. The minimum absolute atomic E-state index is 0.0736. The van der Waals surface area contributed by atoms with Crippen LogP contribution in [0.2, 0.25) is 10.0 Å². The molecular formula is C11H9Cl2N3O2S. The third-order valence-corrected chi connectivity index (χ3v) is 4.36. The van der Waals surface area contributed by atoms with Gasteiger partial charge in [0.2, 0.25) is 0 Å². The van der Waals surface area contributed by atoms with E-state index in [1.165, 1.54) is 36.7 Å². The largest absolute Gasteiger partial charge is 0.396 e. The van der Waals surface area contributed by atoms with E-state index < -0.39 is 10.0 Å². The predicted octanol–water partition coefficient (Wildman–Crippen LogP) is 2.77. The second-order valence-electron chi connectivity index (χ2n) is 3.64. The topological polar surface area (TPSA) is 85.1 Å². The molecule has 0 aliphatic heterocycles. The van der Waals surface area contributed by atoms with Crippen LogP contribution in [0, 0.1) is 0 Å². The summed E-state index contributed by atoms with van der Waals surface area (Å²) in [6.07, 6.45) is 2.77. The van der Waals surface area contributed by atoms with Crippen molar-refractivity contribution in [2.75, 3.05) is 10.5 Å². The summed E-state index contributed by atoms with van der Waals surface area (Å²) in [4.78, 5) is 3.66. The van der Waals surface area contributed by atoms with Crippen LogP contribution < -0.4 is 10.5 Å². The Labute approximate surface area is 120 Å². The minimum atomic E-state index is -3.86. The van der Waals surface area contributed by atoms with Gasteiger partial charge in [-0.2, -0.15) is 0 Å². The number of benzene rings is 1. The molecule has 0 amide bonds. The van der Waals surface area contributed by atoms with Crippen molar-refractivity contribution in [3.8, 4) is 0 Å². The number of nitrogens with one attached hydrogen (secondary N) is 1. The first kappa shape index (κ1) is 13.9. The minimum Gasteiger partial charge on any atom is -0.396 e. The number of halogens is 2. The molecular weight excluding hydrogens is 309 g/mol. The Bertz CT molecular complexity index is 720. The number of nitrogen functional groups attached to an aromatic ring is 1. The van der Waals surface area contributed by atoms with E-state index in [2.05, 4.69) is 9.71 Å². The zero-order valence-electron chi connectivity index (χ0n) is 9.47. The van der Waals surface area contributed by atoms with E-state index >= 15 is 0 Å². The molecule has 0 spiro atoms. The van der Waals surface area contributed by atoms with Gasteiger partial charge in [-0.25, -0.2) is 8.42 Å². The SMILES string of the molecule is Nc1cnccc1NS(=O)(=O)c1cc(Cl)ccc1Cl. The van der Waals surface area contributed by atoms with Gasteiger partial charge in [-0.15, -0.1) is 0 Å². The molecule has 0 radical (unpaired) electrons. The van der Waals surface area contributed by atoms with Crippen molar-refractivity contribution in [2.45, 2.75) is 4.90 Å². The van der Waals surface area contributed by atoms with Crippen molar-refractivity contribution in [3.63, 3.8) is 0 Å². The zero-order valence-corrected chi connectivity index (χ0v) is 11.8. The van der Waals surface area contributed by atoms with Crippen LogP contribution >= 0.6 is 23.2 Å². The zero-order chi connectivity index (χ0) is 14.0. The van der Waals surface area contributed by atoms with Gasteiger partial charge in [0.05, 0.1) is 22.6 Å². The summed E-state index contributed by atoms with van der Waals surface area (Å²) in [7, 11) is -3.86. The Hall–Kier alpha value is -1.50. The number of anilines is 2. The van der Waals surface area contributed by atoms with Crippen molar-refractivity contribution >= 4 is 44.6 Å². The van der Waals surface area contributed by atoms with E-state index in [1.807, 2.05) is 0 Å². The number of nitrogens with zero attached hydrogens (tertiary/aromatic N) is 1. The fraction of sp³-hybridized carbons (Fsp3) is 0. The van der Waals surface area contributed by atoms with Gasteiger partial charge in [0, 0.05) is 11.2 Å². The lowest BCUT2D eigenvalue weighted by atomic mass is 10.4. The Morgan fingerprint density at radius 3 is 2.63 bits per heavy atom. The summed E-state index contributed by atoms with van der Waals surface area (Å²) in [5.74, 6) is 0.